The molecule has 1 heterocycles. The van der Waals surface area contributed by atoms with Crippen LogP contribution in [0.15, 0.2) is 17.0 Å². The number of thioether (sulfide) groups is 1. The minimum atomic E-state index is -1.24. The molecular weight excluding hydrogens is 253 g/mol. The topological polar surface area (TPSA) is 49.3 Å². The zero-order chi connectivity index (χ0) is 12.7. The highest BCUT2D eigenvalue weighted by Crippen LogP contribution is 2.40. The summed E-state index contributed by atoms with van der Waals surface area (Å²) in [6, 6.07) is 2.91. The highest BCUT2D eigenvalue weighted by atomic mass is 32.2. The third-order valence-corrected chi connectivity index (χ3v) is 4.87. The van der Waals surface area contributed by atoms with Crippen LogP contribution in [0.3, 0.4) is 0 Å². The molecule has 2 N–H and O–H groups in total. The molecule has 1 fully saturated rings. The SMILES string of the molecule is O=C1Nc2cc(SC3CCCC3)c(F)cc2C1O. The van der Waals surface area contributed by atoms with Crippen LogP contribution in [0.4, 0.5) is 10.1 Å². The fourth-order valence-electron chi connectivity index (χ4n) is 2.52. The molecule has 0 aromatic heterocycles. The Morgan fingerprint density at radius 3 is 2.78 bits per heavy atom. The van der Waals surface area contributed by atoms with Crippen LogP contribution < -0.4 is 5.32 Å². The summed E-state index contributed by atoms with van der Waals surface area (Å²) in [5, 5.41) is 12.6. The smallest absolute Gasteiger partial charge is 0.257 e. The summed E-state index contributed by atoms with van der Waals surface area (Å²) in [6.45, 7) is 0. The summed E-state index contributed by atoms with van der Waals surface area (Å²) in [4.78, 5) is 11.9. The predicted octanol–water partition coefficient (Wildman–Crippen LogP) is 2.85. The molecule has 1 aliphatic heterocycles. The minimum absolute atomic E-state index is 0.341. The first-order valence-electron chi connectivity index (χ1n) is 6.14. The van der Waals surface area contributed by atoms with E-state index in [1.165, 1.54) is 30.7 Å². The molecule has 1 unspecified atom stereocenters. The maximum atomic E-state index is 13.9. The number of aliphatic hydroxyl groups excluding tert-OH is 1. The number of hydrogen-bond acceptors (Lipinski definition) is 3. The van der Waals surface area contributed by atoms with Crippen molar-refractivity contribution in [3.05, 3.63) is 23.5 Å². The quantitative estimate of drug-likeness (QED) is 0.866. The molecule has 96 valence electrons. The maximum Gasteiger partial charge on any atom is 0.257 e. The van der Waals surface area contributed by atoms with E-state index in [9.17, 15) is 14.3 Å². The normalized spacial score (nSPS) is 23.2. The van der Waals surface area contributed by atoms with Gasteiger partial charge < -0.3 is 10.4 Å². The standard InChI is InChI=1S/C13H14FNO2S/c14-9-5-8-10(15-13(17)12(8)16)6-11(9)18-7-3-1-2-4-7/h5-7,12,16H,1-4H2,(H,15,17). The molecule has 1 aromatic rings. The molecule has 18 heavy (non-hydrogen) atoms. The van der Waals surface area contributed by atoms with Gasteiger partial charge in [0, 0.05) is 21.4 Å². The Labute approximate surface area is 109 Å². The summed E-state index contributed by atoms with van der Waals surface area (Å²) in [7, 11) is 0. The first-order valence-corrected chi connectivity index (χ1v) is 7.02. The van der Waals surface area contributed by atoms with E-state index in [-0.39, 0.29) is 5.82 Å². The zero-order valence-corrected chi connectivity index (χ0v) is 10.6. The van der Waals surface area contributed by atoms with Crippen molar-refractivity contribution in [1.29, 1.82) is 0 Å². The van der Waals surface area contributed by atoms with Crippen LogP contribution in [0, 0.1) is 5.82 Å². The van der Waals surface area contributed by atoms with E-state index >= 15 is 0 Å². The van der Waals surface area contributed by atoms with Crippen LogP contribution in [0.5, 0.6) is 0 Å². The van der Waals surface area contributed by atoms with E-state index in [1.54, 1.807) is 6.07 Å². The number of aliphatic hydroxyl groups is 1. The largest absolute Gasteiger partial charge is 0.378 e. The van der Waals surface area contributed by atoms with Crippen LogP contribution in [-0.2, 0) is 4.79 Å². The van der Waals surface area contributed by atoms with Gasteiger partial charge in [0.25, 0.3) is 5.91 Å². The number of benzene rings is 1. The summed E-state index contributed by atoms with van der Waals surface area (Å²) in [5.74, 6) is -0.825. The van der Waals surface area contributed by atoms with E-state index in [2.05, 4.69) is 5.32 Å². The lowest BCUT2D eigenvalue weighted by Gasteiger charge is -2.11. The van der Waals surface area contributed by atoms with Crippen molar-refractivity contribution in [1.82, 2.24) is 0 Å². The third kappa shape index (κ3) is 2.01. The highest BCUT2D eigenvalue weighted by molar-refractivity contribution is 8.00. The zero-order valence-electron chi connectivity index (χ0n) is 9.78. The van der Waals surface area contributed by atoms with Crippen molar-refractivity contribution >= 4 is 23.4 Å². The molecule has 0 spiro atoms. The van der Waals surface area contributed by atoms with Crippen LogP contribution in [-0.4, -0.2) is 16.3 Å². The molecule has 1 saturated carbocycles. The van der Waals surface area contributed by atoms with Gasteiger partial charge in [-0.1, -0.05) is 12.8 Å². The van der Waals surface area contributed by atoms with Gasteiger partial charge in [-0.2, -0.15) is 0 Å². The number of halogens is 1. The first-order chi connectivity index (χ1) is 8.65. The third-order valence-electron chi connectivity index (χ3n) is 3.50. The number of hydrogen-bond donors (Lipinski definition) is 2. The van der Waals surface area contributed by atoms with E-state index in [0.717, 1.165) is 12.8 Å². The van der Waals surface area contributed by atoms with Gasteiger partial charge in [0.2, 0.25) is 0 Å². The maximum absolute atomic E-state index is 13.9. The van der Waals surface area contributed by atoms with Crippen molar-refractivity contribution < 1.29 is 14.3 Å². The van der Waals surface area contributed by atoms with Crippen molar-refractivity contribution in [2.24, 2.45) is 0 Å². The van der Waals surface area contributed by atoms with Gasteiger partial charge in [-0.25, -0.2) is 4.39 Å². The Kier molecular flexibility index (Phi) is 3.03. The summed E-state index contributed by atoms with van der Waals surface area (Å²) < 4.78 is 13.9. The average molecular weight is 267 g/mol. The molecule has 2 aliphatic rings. The van der Waals surface area contributed by atoms with Gasteiger partial charge in [0.15, 0.2) is 6.10 Å². The molecule has 5 heteroatoms. The highest BCUT2D eigenvalue weighted by Gasteiger charge is 2.30. The van der Waals surface area contributed by atoms with E-state index in [0.29, 0.717) is 21.4 Å². The number of carbonyl (C=O) groups excluding carboxylic acids is 1. The molecule has 0 saturated heterocycles. The number of fused-ring (bicyclic) bond motifs is 1. The second kappa shape index (κ2) is 4.55. The van der Waals surface area contributed by atoms with Crippen molar-refractivity contribution in [2.75, 3.05) is 5.32 Å². The fourth-order valence-corrected chi connectivity index (χ4v) is 3.81. The number of anilines is 1. The Bertz CT molecular complexity index is 500. The van der Waals surface area contributed by atoms with Crippen molar-refractivity contribution in [2.45, 2.75) is 41.9 Å². The molecule has 3 nitrogen and oxygen atoms in total. The molecule has 0 radical (unpaired) electrons. The molecule has 3 rings (SSSR count). The number of rotatable bonds is 2. The summed E-state index contributed by atoms with van der Waals surface area (Å²) in [6.07, 6.45) is 3.42. The lowest BCUT2D eigenvalue weighted by atomic mass is 10.1. The van der Waals surface area contributed by atoms with E-state index in [1.807, 2.05) is 0 Å². The Morgan fingerprint density at radius 1 is 1.33 bits per heavy atom. The van der Waals surface area contributed by atoms with Crippen LogP contribution in [0.25, 0.3) is 0 Å². The Hall–Kier alpha value is -1.07. The molecule has 1 aliphatic carbocycles. The average Bonchev–Trinajstić information content (AvgIpc) is 2.92. The second-order valence-corrected chi connectivity index (χ2v) is 6.13. The summed E-state index contributed by atoms with van der Waals surface area (Å²) in [5.41, 5.74) is 0.877. The number of amides is 1. The van der Waals surface area contributed by atoms with Gasteiger partial charge >= 0.3 is 0 Å². The van der Waals surface area contributed by atoms with Gasteiger partial charge in [-0.3, -0.25) is 4.79 Å². The number of carbonyl (C=O) groups is 1. The van der Waals surface area contributed by atoms with Crippen molar-refractivity contribution in [3.63, 3.8) is 0 Å². The lowest BCUT2D eigenvalue weighted by Crippen LogP contribution is -2.10. The predicted molar refractivity (Wildman–Crippen MR) is 68.1 cm³/mol. The van der Waals surface area contributed by atoms with Crippen molar-refractivity contribution in [3.8, 4) is 0 Å². The summed E-state index contributed by atoms with van der Waals surface area (Å²) >= 11 is 1.54. The van der Waals surface area contributed by atoms with Gasteiger partial charge in [0.05, 0.1) is 0 Å². The van der Waals surface area contributed by atoms with Gasteiger partial charge in [0.1, 0.15) is 5.82 Å². The Morgan fingerprint density at radius 2 is 2.06 bits per heavy atom. The van der Waals surface area contributed by atoms with Gasteiger partial charge in [-0.15, -0.1) is 11.8 Å². The van der Waals surface area contributed by atoms with Gasteiger partial charge in [-0.05, 0) is 25.0 Å². The number of nitrogens with one attached hydrogen (secondary N) is 1. The fraction of sp³-hybridized carbons (Fsp3) is 0.462. The minimum Gasteiger partial charge on any atom is -0.378 e. The van der Waals surface area contributed by atoms with E-state index < -0.39 is 12.0 Å². The molecule has 1 aromatic carbocycles. The molecule has 1 atom stereocenters. The van der Waals surface area contributed by atoms with Crippen LogP contribution in [0.1, 0.15) is 37.4 Å². The molecule has 1 amide bonds. The van der Waals surface area contributed by atoms with Crippen LogP contribution in [0.2, 0.25) is 0 Å². The van der Waals surface area contributed by atoms with E-state index in [4.69, 9.17) is 0 Å². The lowest BCUT2D eigenvalue weighted by molar-refractivity contribution is -0.123. The monoisotopic (exact) mass is 267 g/mol. The second-order valence-electron chi connectivity index (χ2n) is 4.79. The molecular formula is C13H14FNO2S. The Balaban J connectivity index is 1.88. The van der Waals surface area contributed by atoms with Crippen LogP contribution >= 0.6 is 11.8 Å². The first kappa shape index (κ1) is 12.0. The molecule has 0 bridgehead atoms.